The average Bonchev–Trinajstić information content (AvgIpc) is 2.70. The van der Waals surface area contributed by atoms with Crippen molar-refractivity contribution >= 4 is 23.1 Å². The number of hydrogen-bond acceptors (Lipinski definition) is 0. The van der Waals surface area contributed by atoms with E-state index < -0.39 is 0 Å². The summed E-state index contributed by atoms with van der Waals surface area (Å²) in [5.74, 6) is 1.55. The van der Waals surface area contributed by atoms with Crippen LogP contribution in [-0.4, -0.2) is 6.71 Å². The Morgan fingerprint density at radius 3 is 1.48 bits per heavy atom. The molecule has 3 aromatic rings. The molecular formula is C28H33B. The third-order valence-corrected chi connectivity index (χ3v) is 6.58. The van der Waals surface area contributed by atoms with Crippen LogP contribution in [0.2, 0.25) is 0 Å². The lowest BCUT2D eigenvalue weighted by Crippen LogP contribution is -2.59. The lowest BCUT2D eigenvalue weighted by Gasteiger charge is -2.32. The number of benzene rings is 3. The number of fused-ring (bicyclic) bond motifs is 2. The van der Waals surface area contributed by atoms with Crippen LogP contribution in [0.5, 0.6) is 0 Å². The molecule has 0 N–H and O–H groups in total. The second-order valence-electron chi connectivity index (χ2n) is 9.58. The van der Waals surface area contributed by atoms with Crippen LogP contribution in [0.15, 0.2) is 60.7 Å². The number of rotatable bonds is 4. The fourth-order valence-corrected chi connectivity index (χ4v) is 4.98. The monoisotopic (exact) mass is 380 g/mol. The molecule has 0 aliphatic carbocycles. The van der Waals surface area contributed by atoms with E-state index in [2.05, 4.69) is 102 Å². The van der Waals surface area contributed by atoms with Gasteiger partial charge in [0.2, 0.25) is 6.71 Å². The molecule has 0 saturated carbocycles. The van der Waals surface area contributed by atoms with Crippen molar-refractivity contribution in [3.8, 4) is 0 Å². The van der Waals surface area contributed by atoms with Crippen LogP contribution < -0.4 is 16.4 Å². The Balaban J connectivity index is 2.07. The molecule has 0 aromatic heterocycles. The van der Waals surface area contributed by atoms with Crippen LogP contribution in [0.25, 0.3) is 0 Å². The highest BCUT2D eigenvalue weighted by molar-refractivity contribution is 6.97. The normalized spacial score (nSPS) is 13.2. The van der Waals surface area contributed by atoms with Gasteiger partial charge in [0.05, 0.1) is 0 Å². The lowest BCUT2D eigenvalue weighted by molar-refractivity contribution is 0.812. The highest BCUT2D eigenvalue weighted by Crippen LogP contribution is 2.27. The predicted octanol–water partition coefficient (Wildman–Crippen LogP) is 5.48. The Morgan fingerprint density at radius 2 is 1.07 bits per heavy atom. The van der Waals surface area contributed by atoms with E-state index in [-0.39, 0.29) is 0 Å². The molecule has 0 spiro atoms. The number of hydrogen-bond donors (Lipinski definition) is 0. The Hall–Kier alpha value is -2.28. The second kappa shape index (κ2) is 7.86. The second-order valence-corrected chi connectivity index (χ2v) is 9.58. The van der Waals surface area contributed by atoms with Gasteiger partial charge < -0.3 is 0 Å². The van der Waals surface area contributed by atoms with Gasteiger partial charge in [0.1, 0.15) is 0 Å². The van der Waals surface area contributed by atoms with Gasteiger partial charge >= 0.3 is 0 Å². The van der Waals surface area contributed by atoms with Crippen molar-refractivity contribution in [1.82, 2.24) is 0 Å². The molecule has 0 fully saturated rings. The van der Waals surface area contributed by atoms with E-state index in [0.29, 0.717) is 24.5 Å². The highest BCUT2D eigenvalue weighted by Gasteiger charge is 2.34. The molecule has 0 bridgehead atoms. The first-order valence-electron chi connectivity index (χ1n) is 11.2. The van der Waals surface area contributed by atoms with Gasteiger partial charge in [-0.3, -0.25) is 0 Å². The van der Waals surface area contributed by atoms with Crippen LogP contribution >= 0.6 is 0 Å². The van der Waals surface area contributed by atoms with E-state index in [0.717, 1.165) is 6.42 Å². The quantitative estimate of drug-likeness (QED) is 0.412. The van der Waals surface area contributed by atoms with E-state index >= 15 is 0 Å². The third-order valence-electron chi connectivity index (χ3n) is 6.58. The fraction of sp³-hybridized carbons (Fsp3) is 0.357. The summed E-state index contributed by atoms with van der Waals surface area (Å²) in [6.07, 6.45) is 1.04. The van der Waals surface area contributed by atoms with Gasteiger partial charge in [-0.2, -0.15) is 0 Å². The van der Waals surface area contributed by atoms with Gasteiger partial charge in [0.25, 0.3) is 0 Å². The van der Waals surface area contributed by atoms with Crippen molar-refractivity contribution < 1.29 is 0 Å². The van der Waals surface area contributed by atoms with Crippen LogP contribution in [0.4, 0.5) is 0 Å². The summed E-state index contributed by atoms with van der Waals surface area (Å²) < 4.78 is 0. The molecule has 0 saturated heterocycles. The van der Waals surface area contributed by atoms with E-state index in [1.165, 1.54) is 38.7 Å². The van der Waals surface area contributed by atoms with E-state index in [9.17, 15) is 0 Å². The van der Waals surface area contributed by atoms with E-state index in [4.69, 9.17) is 0 Å². The minimum Gasteiger partial charge on any atom is -0.0667 e. The molecule has 1 aliphatic heterocycles. The largest absolute Gasteiger partial charge is 0.242 e. The molecule has 29 heavy (non-hydrogen) atoms. The Bertz CT molecular complexity index is 951. The molecule has 0 unspecified atom stereocenters. The van der Waals surface area contributed by atoms with Gasteiger partial charge in [-0.15, -0.1) is 0 Å². The van der Waals surface area contributed by atoms with Crippen LogP contribution in [0.1, 0.15) is 87.1 Å². The van der Waals surface area contributed by atoms with Crippen LogP contribution in [0, 0.1) is 0 Å². The van der Waals surface area contributed by atoms with Gasteiger partial charge in [0.15, 0.2) is 0 Å². The lowest BCUT2D eigenvalue weighted by atomic mass is 9.32. The summed E-state index contributed by atoms with van der Waals surface area (Å²) in [7, 11) is 0. The minimum absolute atomic E-state index is 0.326. The Kier molecular flexibility index (Phi) is 5.43. The first kappa shape index (κ1) is 20.0. The summed E-state index contributed by atoms with van der Waals surface area (Å²) >= 11 is 0. The molecule has 1 heterocycles. The third kappa shape index (κ3) is 3.57. The molecule has 0 atom stereocenters. The van der Waals surface area contributed by atoms with E-state index in [1.807, 2.05) is 0 Å². The van der Waals surface area contributed by atoms with Crippen molar-refractivity contribution in [3.63, 3.8) is 0 Å². The predicted molar refractivity (Wildman–Crippen MR) is 129 cm³/mol. The first-order valence-corrected chi connectivity index (χ1v) is 11.2. The summed E-state index contributed by atoms with van der Waals surface area (Å²) in [6.45, 7) is 14.4. The van der Waals surface area contributed by atoms with Crippen molar-refractivity contribution in [2.45, 2.75) is 65.7 Å². The van der Waals surface area contributed by atoms with Crippen LogP contribution in [0.3, 0.4) is 0 Å². The van der Waals surface area contributed by atoms with Gasteiger partial charge in [0, 0.05) is 0 Å². The van der Waals surface area contributed by atoms with Gasteiger partial charge in [-0.05, 0) is 52.0 Å². The highest BCUT2D eigenvalue weighted by atomic mass is 14.2. The molecule has 4 rings (SSSR count). The van der Waals surface area contributed by atoms with Crippen LogP contribution in [-0.2, 0) is 6.42 Å². The maximum absolute atomic E-state index is 2.50. The standard InChI is InChI=1S/C28H33B/c1-18(2)23-16-24(19(3)4)28(25(17-23)20(5)6)29-26-13-9-7-11-21(26)15-22-12-8-10-14-27(22)29/h7-14,16-20H,15H2,1-6H3. The summed E-state index contributed by atoms with van der Waals surface area (Å²) in [5.41, 5.74) is 12.0. The first-order chi connectivity index (χ1) is 13.9. The molecule has 0 radical (unpaired) electrons. The average molecular weight is 380 g/mol. The Morgan fingerprint density at radius 1 is 0.621 bits per heavy atom. The Labute approximate surface area is 177 Å². The fourth-order valence-electron chi connectivity index (χ4n) is 4.98. The van der Waals surface area contributed by atoms with Crippen molar-refractivity contribution in [1.29, 1.82) is 0 Å². The molecular weight excluding hydrogens is 347 g/mol. The molecule has 3 aromatic carbocycles. The summed E-state index contributed by atoms with van der Waals surface area (Å²) in [5, 5.41) is 0. The molecule has 1 aliphatic rings. The molecule has 0 amide bonds. The SMILES string of the molecule is CC(C)c1cc(C(C)C)c(B2c3ccccc3Cc3ccccc32)c(C(C)C)c1. The van der Waals surface area contributed by atoms with Crippen molar-refractivity contribution in [2.75, 3.05) is 0 Å². The summed E-state index contributed by atoms with van der Waals surface area (Å²) in [6, 6.07) is 23.2. The zero-order valence-corrected chi connectivity index (χ0v) is 18.8. The maximum Gasteiger partial charge on any atom is 0.242 e. The van der Waals surface area contributed by atoms with Gasteiger partial charge in [-0.1, -0.05) is 119 Å². The maximum atomic E-state index is 2.50. The van der Waals surface area contributed by atoms with E-state index in [1.54, 1.807) is 5.46 Å². The zero-order valence-electron chi connectivity index (χ0n) is 18.8. The minimum atomic E-state index is 0.326. The van der Waals surface area contributed by atoms with Crippen molar-refractivity contribution in [2.24, 2.45) is 0 Å². The molecule has 148 valence electrons. The molecule has 0 nitrogen and oxygen atoms in total. The topological polar surface area (TPSA) is 0 Å². The zero-order chi connectivity index (χ0) is 20.7. The molecule has 1 heteroatoms. The smallest absolute Gasteiger partial charge is 0.0667 e. The van der Waals surface area contributed by atoms with Crippen molar-refractivity contribution in [3.05, 3.63) is 88.5 Å². The summed E-state index contributed by atoms with van der Waals surface area (Å²) in [4.78, 5) is 0. The van der Waals surface area contributed by atoms with Gasteiger partial charge in [-0.25, -0.2) is 0 Å².